The summed E-state index contributed by atoms with van der Waals surface area (Å²) in [4.78, 5) is 9.00. The second-order valence-electron chi connectivity index (χ2n) is 0.519. The summed E-state index contributed by atoms with van der Waals surface area (Å²) in [6.45, 7) is 1.08. The predicted molar refractivity (Wildman–Crippen MR) is 33.5 cm³/mol. The topological polar surface area (TPSA) is 37.3 Å². The summed E-state index contributed by atoms with van der Waals surface area (Å²) in [5.41, 5.74) is 0. The van der Waals surface area contributed by atoms with E-state index in [4.69, 9.17) is 13.7 Å². The Balaban J connectivity index is -0.0000000480. The minimum absolute atomic E-state index is 0. The third-order valence-corrected chi connectivity index (χ3v) is 0. The summed E-state index contributed by atoms with van der Waals surface area (Å²) in [6.07, 6.45) is 0. The van der Waals surface area contributed by atoms with E-state index < -0.39 is 5.97 Å². The number of carbonyl (C=O) groups is 1. The van der Waals surface area contributed by atoms with Crippen molar-refractivity contribution < 1.29 is 9.90 Å². The van der Waals surface area contributed by atoms with Gasteiger partial charge in [-0.3, -0.25) is 4.79 Å². The zero-order chi connectivity index (χ0) is 5.58. The monoisotopic (exact) mass is 176 g/mol. The van der Waals surface area contributed by atoms with E-state index in [1.54, 1.807) is 0 Å². The van der Waals surface area contributed by atoms with E-state index in [9.17, 15) is 0 Å². The van der Waals surface area contributed by atoms with E-state index >= 15 is 0 Å². The molecule has 0 aromatic heterocycles. The molecule has 0 radical (unpaired) electrons. The van der Waals surface area contributed by atoms with E-state index in [-0.39, 0.29) is 37.7 Å². The van der Waals surface area contributed by atoms with Gasteiger partial charge in [0.15, 0.2) is 0 Å². The van der Waals surface area contributed by atoms with E-state index in [0.29, 0.717) is 47.1 Å². The van der Waals surface area contributed by atoms with Crippen LogP contribution in [0.1, 0.15) is 6.92 Å². The fourth-order valence-electron chi connectivity index (χ4n) is 0. The van der Waals surface area contributed by atoms with Gasteiger partial charge in [0, 0.05) is 6.92 Å². The SMILES string of the molecule is CC(=O)O.[CaH2].[Cl][K]. The van der Waals surface area contributed by atoms with Gasteiger partial charge in [-0.25, -0.2) is 0 Å². The summed E-state index contributed by atoms with van der Waals surface area (Å²) in [7, 11) is 0. The van der Waals surface area contributed by atoms with Crippen molar-refractivity contribution in [3.8, 4) is 0 Å². The molecule has 7 heavy (non-hydrogen) atoms. The summed E-state index contributed by atoms with van der Waals surface area (Å²) < 4.78 is 4.83. The second kappa shape index (κ2) is 15.9. The second-order valence-corrected chi connectivity index (χ2v) is 0.519. The van der Waals surface area contributed by atoms with Crippen LogP contribution in [0.25, 0.3) is 0 Å². The van der Waals surface area contributed by atoms with Gasteiger partial charge >= 0.3 is 88.6 Å². The van der Waals surface area contributed by atoms with Crippen molar-refractivity contribution in [1.82, 2.24) is 0 Å². The van der Waals surface area contributed by atoms with Gasteiger partial charge in [0.05, 0.1) is 0 Å². The number of hydrogen-bond donors (Lipinski definition) is 1. The molecular formula is C2H6CaClKO2. The van der Waals surface area contributed by atoms with Gasteiger partial charge < -0.3 is 5.11 Å². The number of carboxylic acid groups (broad SMARTS) is 1. The van der Waals surface area contributed by atoms with Gasteiger partial charge in [-0.15, -0.1) is 0 Å². The van der Waals surface area contributed by atoms with Crippen LogP contribution < -0.4 is 0 Å². The molecule has 36 valence electrons. The molecule has 0 fully saturated rings. The molecule has 2 nitrogen and oxygen atoms in total. The molecule has 0 amide bonds. The van der Waals surface area contributed by atoms with Crippen LogP contribution in [0.2, 0.25) is 0 Å². The molecule has 0 atom stereocenters. The Morgan fingerprint density at radius 3 is 1.71 bits per heavy atom. The summed E-state index contributed by atoms with van der Waals surface area (Å²) in [6, 6.07) is 0. The van der Waals surface area contributed by atoms with Crippen LogP contribution in [-0.4, -0.2) is 96.0 Å². The van der Waals surface area contributed by atoms with Crippen molar-refractivity contribution in [1.29, 1.82) is 0 Å². The summed E-state index contributed by atoms with van der Waals surface area (Å²) in [5.74, 6) is -0.833. The van der Waals surface area contributed by atoms with E-state index in [0.717, 1.165) is 6.92 Å². The molecule has 1 N–H and O–H groups in total. The fraction of sp³-hybridized carbons (Fsp3) is 0.500. The maximum atomic E-state index is 9.00. The van der Waals surface area contributed by atoms with E-state index in [1.807, 2.05) is 0 Å². The van der Waals surface area contributed by atoms with Gasteiger partial charge in [0.25, 0.3) is 5.97 Å². The van der Waals surface area contributed by atoms with Crippen LogP contribution in [0.15, 0.2) is 0 Å². The van der Waals surface area contributed by atoms with Crippen LogP contribution in [0, 0.1) is 0 Å². The van der Waals surface area contributed by atoms with Crippen molar-refractivity contribution in [2.24, 2.45) is 0 Å². The van der Waals surface area contributed by atoms with Crippen molar-refractivity contribution in [2.45, 2.75) is 6.92 Å². The van der Waals surface area contributed by atoms with Crippen LogP contribution in [0.4, 0.5) is 0 Å². The first kappa shape index (κ1) is 16.3. The van der Waals surface area contributed by atoms with Crippen molar-refractivity contribution in [3.05, 3.63) is 0 Å². The first-order chi connectivity index (χ1) is 2.73. The molecule has 0 saturated carbocycles. The fourth-order valence-corrected chi connectivity index (χ4v) is 0. The number of hydrogen-bond acceptors (Lipinski definition) is 1. The molecule has 5 heteroatoms. The van der Waals surface area contributed by atoms with Crippen molar-refractivity contribution >= 4 is 94.6 Å². The molecule has 0 heterocycles. The van der Waals surface area contributed by atoms with Gasteiger partial charge in [-0.2, -0.15) is 0 Å². The molecular weight excluding hydrogens is 171 g/mol. The Labute approximate surface area is 108 Å². The van der Waals surface area contributed by atoms with Crippen LogP contribution in [0.5, 0.6) is 0 Å². The number of aliphatic carboxylic acids is 1. The van der Waals surface area contributed by atoms with E-state index in [2.05, 4.69) is 0 Å². The average molecular weight is 177 g/mol. The summed E-state index contributed by atoms with van der Waals surface area (Å²) >= 11 is 0.535. The molecule has 0 aromatic rings. The first-order valence-corrected chi connectivity index (χ1v) is 5.60. The molecule has 0 aliphatic heterocycles. The summed E-state index contributed by atoms with van der Waals surface area (Å²) in [5, 5.41) is 7.42. The molecule has 0 rings (SSSR count). The Morgan fingerprint density at radius 1 is 1.71 bits per heavy atom. The Hall–Kier alpha value is 2.66. The van der Waals surface area contributed by atoms with Crippen molar-refractivity contribution in [3.63, 3.8) is 0 Å². The number of rotatable bonds is 0. The van der Waals surface area contributed by atoms with Gasteiger partial charge in [0.1, 0.15) is 0 Å². The number of halogens is 1. The van der Waals surface area contributed by atoms with Gasteiger partial charge in [0.2, 0.25) is 0 Å². The molecule has 0 unspecified atom stereocenters. The first-order valence-electron chi connectivity index (χ1n) is 1.31. The number of carboxylic acids is 1. The molecule has 0 aliphatic carbocycles. The van der Waals surface area contributed by atoms with Gasteiger partial charge in [-0.1, -0.05) is 0 Å². The quantitative estimate of drug-likeness (QED) is 0.505. The average Bonchev–Trinajstić information content (AvgIpc) is 1.41. The maximum absolute atomic E-state index is 9.00. The zero-order valence-electron chi connectivity index (χ0n) is 3.73. The van der Waals surface area contributed by atoms with Crippen LogP contribution in [-0.2, 0) is 4.79 Å². The molecule has 0 spiro atoms. The molecule has 0 saturated heterocycles. The van der Waals surface area contributed by atoms with Crippen molar-refractivity contribution in [2.75, 3.05) is 0 Å². The van der Waals surface area contributed by atoms with Crippen LogP contribution >= 0.6 is 3.76 Å². The standard InChI is InChI=1S/C2H4O2.Ca.ClH.K.2H/c1-2(3)4;;;;;/h1H3,(H,3,4);;1H;;;/q;;;+1;;/p-1. The third kappa shape index (κ3) is 54.4. The third-order valence-electron chi connectivity index (χ3n) is 0. The minimum atomic E-state index is -0.833. The Bertz CT molecular complexity index is 38.7. The molecule has 0 bridgehead atoms. The predicted octanol–water partition coefficient (Wildman–Crippen LogP) is -0.517. The molecule has 0 aliphatic rings. The molecule has 0 aromatic carbocycles. The van der Waals surface area contributed by atoms with Crippen LogP contribution in [0.3, 0.4) is 0 Å². The Morgan fingerprint density at radius 2 is 1.71 bits per heavy atom. The Kier molecular flexibility index (Phi) is 37.0. The van der Waals surface area contributed by atoms with Gasteiger partial charge in [-0.05, 0) is 0 Å². The normalized spacial score (nSPS) is 4.57. The zero-order valence-corrected chi connectivity index (χ0v) is 7.61. The van der Waals surface area contributed by atoms with E-state index in [1.165, 1.54) is 0 Å².